The van der Waals surface area contributed by atoms with Gasteiger partial charge in [0.25, 0.3) is 5.91 Å². The third-order valence-corrected chi connectivity index (χ3v) is 3.85. The Hall–Kier alpha value is -3.32. The Kier molecular flexibility index (Phi) is 4.90. The number of nitrogens with zero attached hydrogens (tertiary/aromatic N) is 2. The Labute approximate surface area is 154 Å². The smallest absolute Gasteiger partial charge is 0.259 e. The molecule has 0 radical (unpaired) electrons. The van der Waals surface area contributed by atoms with Crippen LogP contribution >= 0.6 is 11.6 Å². The molecule has 0 saturated heterocycles. The first-order chi connectivity index (χ1) is 12.5. The van der Waals surface area contributed by atoms with Gasteiger partial charge >= 0.3 is 0 Å². The van der Waals surface area contributed by atoms with Crippen LogP contribution in [-0.2, 0) is 0 Å². The van der Waals surface area contributed by atoms with Crippen LogP contribution in [0.15, 0.2) is 48.5 Å². The first kappa shape index (κ1) is 17.5. The first-order valence-electron chi connectivity index (χ1n) is 7.69. The van der Waals surface area contributed by atoms with E-state index in [-0.39, 0.29) is 17.3 Å². The zero-order valence-corrected chi connectivity index (χ0v) is 14.6. The predicted octanol–water partition coefficient (Wildman–Crippen LogP) is 3.38. The van der Waals surface area contributed by atoms with Crippen molar-refractivity contribution >= 4 is 35.0 Å². The topological polar surface area (TPSA) is 113 Å². The number of hydrogen-bond acceptors (Lipinski definition) is 6. The van der Waals surface area contributed by atoms with Gasteiger partial charge in [-0.1, -0.05) is 23.7 Å². The van der Waals surface area contributed by atoms with Crippen LogP contribution < -0.4 is 16.4 Å². The van der Waals surface area contributed by atoms with Gasteiger partial charge in [0.15, 0.2) is 0 Å². The van der Waals surface area contributed by atoms with Crippen LogP contribution in [0.25, 0.3) is 11.3 Å². The molecule has 0 saturated carbocycles. The second-order valence-electron chi connectivity index (χ2n) is 5.44. The van der Waals surface area contributed by atoms with E-state index in [0.717, 1.165) is 5.56 Å². The van der Waals surface area contributed by atoms with Crippen LogP contribution in [0.5, 0.6) is 5.75 Å². The molecule has 7 nitrogen and oxygen atoms in total. The highest BCUT2D eigenvalue weighted by atomic mass is 35.5. The summed E-state index contributed by atoms with van der Waals surface area (Å²) in [4.78, 5) is 20.7. The number of nitrogens with one attached hydrogen (secondary N) is 2. The molecule has 0 aliphatic carbocycles. The Morgan fingerprint density at radius 1 is 1.15 bits per heavy atom. The highest BCUT2D eigenvalue weighted by Crippen LogP contribution is 2.26. The molecule has 0 bridgehead atoms. The van der Waals surface area contributed by atoms with Crippen molar-refractivity contribution in [3.63, 3.8) is 0 Å². The molecule has 1 heterocycles. The van der Waals surface area contributed by atoms with Crippen LogP contribution in [0.2, 0.25) is 5.02 Å². The molecule has 0 unspecified atom stereocenters. The summed E-state index contributed by atoms with van der Waals surface area (Å²) >= 11 is 5.89. The fourth-order valence-corrected chi connectivity index (χ4v) is 2.56. The van der Waals surface area contributed by atoms with Gasteiger partial charge in [0.1, 0.15) is 11.6 Å². The fraction of sp³-hybridized carbons (Fsp3) is 0.0556. The molecule has 2 aromatic carbocycles. The van der Waals surface area contributed by atoms with Crippen molar-refractivity contribution in [1.29, 1.82) is 0 Å². The number of aromatic hydroxyl groups is 1. The highest BCUT2D eigenvalue weighted by molar-refractivity contribution is 6.31. The number of hydrogen-bond donors (Lipinski definition) is 4. The second kappa shape index (κ2) is 7.28. The lowest BCUT2D eigenvalue weighted by Gasteiger charge is -2.10. The van der Waals surface area contributed by atoms with Crippen LogP contribution in [0.4, 0.5) is 17.5 Å². The van der Waals surface area contributed by atoms with Gasteiger partial charge in [-0.15, -0.1) is 0 Å². The number of aromatic nitrogens is 2. The molecular formula is C18H16ClN5O2. The molecular weight excluding hydrogens is 354 g/mol. The minimum Gasteiger partial charge on any atom is -0.507 e. The maximum absolute atomic E-state index is 12.4. The lowest BCUT2D eigenvalue weighted by atomic mass is 10.1. The summed E-state index contributed by atoms with van der Waals surface area (Å²) < 4.78 is 0. The van der Waals surface area contributed by atoms with Crippen molar-refractivity contribution in [2.45, 2.75) is 0 Å². The van der Waals surface area contributed by atoms with E-state index in [0.29, 0.717) is 22.2 Å². The zero-order chi connectivity index (χ0) is 18.7. The third-order valence-electron chi connectivity index (χ3n) is 3.62. The van der Waals surface area contributed by atoms with Gasteiger partial charge in [0.2, 0.25) is 5.95 Å². The van der Waals surface area contributed by atoms with E-state index in [2.05, 4.69) is 20.6 Å². The number of nitrogens with two attached hydrogens (primary N) is 1. The van der Waals surface area contributed by atoms with Crippen LogP contribution in [0.1, 0.15) is 10.4 Å². The van der Waals surface area contributed by atoms with Gasteiger partial charge in [-0.3, -0.25) is 4.79 Å². The molecule has 0 spiro atoms. The van der Waals surface area contributed by atoms with Crippen LogP contribution in [0.3, 0.4) is 0 Å². The maximum atomic E-state index is 12.4. The lowest BCUT2D eigenvalue weighted by Crippen LogP contribution is -2.12. The summed E-state index contributed by atoms with van der Waals surface area (Å²) in [7, 11) is 1.74. The van der Waals surface area contributed by atoms with Crippen molar-refractivity contribution in [2.24, 2.45) is 0 Å². The Morgan fingerprint density at radius 2 is 1.96 bits per heavy atom. The number of phenolic OH excluding ortho intramolecular Hbond substituents is 1. The Balaban J connectivity index is 1.89. The molecule has 0 aliphatic rings. The summed E-state index contributed by atoms with van der Waals surface area (Å²) in [5, 5.41) is 15.9. The summed E-state index contributed by atoms with van der Waals surface area (Å²) in [6.07, 6.45) is 0. The number of carbonyl (C=O) groups excluding carboxylic acids is 1. The number of phenols is 1. The summed E-state index contributed by atoms with van der Waals surface area (Å²) in [5.74, 6) is 0.112. The van der Waals surface area contributed by atoms with E-state index in [1.807, 2.05) is 6.07 Å². The number of nitrogen functional groups attached to an aromatic ring is 1. The summed E-state index contributed by atoms with van der Waals surface area (Å²) in [5.41, 5.74) is 7.72. The number of halogens is 1. The SMILES string of the molecule is CNc1cc(-c2cccc(NC(=O)c3cc(Cl)ccc3O)c2)nc(N)n1. The first-order valence-corrected chi connectivity index (χ1v) is 8.06. The van der Waals surface area contributed by atoms with E-state index in [4.69, 9.17) is 17.3 Å². The van der Waals surface area contributed by atoms with Gasteiger partial charge in [0.05, 0.1) is 11.3 Å². The molecule has 0 aliphatic heterocycles. The number of carbonyl (C=O) groups is 1. The average Bonchev–Trinajstić information content (AvgIpc) is 2.63. The quantitative estimate of drug-likeness (QED) is 0.560. The zero-order valence-electron chi connectivity index (χ0n) is 13.8. The summed E-state index contributed by atoms with van der Waals surface area (Å²) in [6.45, 7) is 0. The monoisotopic (exact) mass is 369 g/mol. The molecule has 3 rings (SSSR count). The molecule has 5 N–H and O–H groups in total. The molecule has 1 amide bonds. The standard InChI is InChI=1S/C18H16ClN5O2/c1-21-16-9-14(23-18(20)24-16)10-3-2-4-12(7-10)22-17(26)13-8-11(19)5-6-15(13)25/h2-9,25H,1H3,(H,22,26)(H3,20,21,23,24). The van der Waals surface area contributed by atoms with Gasteiger partial charge in [-0.05, 0) is 30.3 Å². The van der Waals surface area contributed by atoms with E-state index in [1.165, 1.54) is 18.2 Å². The molecule has 1 aromatic heterocycles. The largest absolute Gasteiger partial charge is 0.507 e. The second-order valence-corrected chi connectivity index (χ2v) is 5.88. The molecule has 26 heavy (non-hydrogen) atoms. The minimum absolute atomic E-state index is 0.0895. The van der Waals surface area contributed by atoms with Crippen molar-refractivity contribution in [3.8, 4) is 17.0 Å². The third kappa shape index (κ3) is 3.84. The number of amides is 1. The van der Waals surface area contributed by atoms with E-state index in [9.17, 15) is 9.90 Å². The predicted molar refractivity (Wildman–Crippen MR) is 102 cm³/mol. The van der Waals surface area contributed by atoms with Crippen molar-refractivity contribution < 1.29 is 9.90 Å². The van der Waals surface area contributed by atoms with Crippen molar-refractivity contribution in [2.75, 3.05) is 23.4 Å². The lowest BCUT2D eigenvalue weighted by molar-refractivity contribution is 0.102. The van der Waals surface area contributed by atoms with Gasteiger partial charge in [-0.25, -0.2) is 4.98 Å². The molecule has 3 aromatic rings. The van der Waals surface area contributed by atoms with Crippen LogP contribution in [0, 0.1) is 0 Å². The Morgan fingerprint density at radius 3 is 2.73 bits per heavy atom. The molecule has 8 heteroatoms. The van der Waals surface area contributed by atoms with Crippen LogP contribution in [-0.4, -0.2) is 28.0 Å². The van der Waals surface area contributed by atoms with Gasteiger partial charge in [0, 0.05) is 29.4 Å². The molecule has 132 valence electrons. The molecule has 0 fully saturated rings. The fourth-order valence-electron chi connectivity index (χ4n) is 2.39. The van der Waals surface area contributed by atoms with Gasteiger partial charge < -0.3 is 21.5 Å². The van der Waals surface area contributed by atoms with Gasteiger partial charge in [-0.2, -0.15) is 4.98 Å². The number of benzene rings is 2. The highest BCUT2D eigenvalue weighted by Gasteiger charge is 2.13. The minimum atomic E-state index is -0.472. The molecule has 0 atom stereocenters. The maximum Gasteiger partial charge on any atom is 0.259 e. The average molecular weight is 370 g/mol. The summed E-state index contributed by atoms with van der Waals surface area (Å²) in [6, 6.07) is 13.1. The van der Waals surface area contributed by atoms with Crippen molar-refractivity contribution in [1.82, 2.24) is 9.97 Å². The van der Waals surface area contributed by atoms with E-state index >= 15 is 0 Å². The number of anilines is 3. The Bertz CT molecular complexity index is 978. The van der Waals surface area contributed by atoms with Crippen molar-refractivity contribution in [3.05, 3.63) is 59.1 Å². The normalized spacial score (nSPS) is 10.4. The number of rotatable bonds is 4. The van der Waals surface area contributed by atoms with E-state index < -0.39 is 5.91 Å². The van der Waals surface area contributed by atoms with E-state index in [1.54, 1.807) is 31.3 Å².